The molecule has 0 bridgehead atoms. The molecule has 1 aromatic heterocycles. The molecule has 1 unspecified atom stereocenters. The Morgan fingerprint density at radius 3 is 2.59 bits per heavy atom. The first-order valence-corrected chi connectivity index (χ1v) is 5.95. The first-order valence-electron chi connectivity index (χ1n) is 5.57. The third-order valence-corrected chi connectivity index (χ3v) is 3.05. The highest BCUT2D eigenvalue weighted by atomic mass is 35.5. The summed E-state index contributed by atoms with van der Waals surface area (Å²) < 4.78 is 5.80. The van der Waals surface area contributed by atoms with Crippen LogP contribution in [0.25, 0.3) is 11.0 Å². The van der Waals surface area contributed by atoms with Crippen molar-refractivity contribution in [2.24, 2.45) is 11.3 Å². The molecule has 0 aliphatic rings. The van der Waals surface area contributed by atoms with Crippen molar-refractivity contribution in [3.05, 3.63) is 35.0 Å². The maximum atomic E-state index is 5.95. The third kappa shape index (κ3) is 2.46. The van der Waals surface area contributed by atoms with Crippen molar-refractivity contribution in [1.82, 2.24) is 5.43 Å². The number of rotatable bonds is 2. The van der Waals surface area contributed by atoms with Gasteiger partial charge in [0.1, 0.15) is 11.3 Å². The van der Waals surface area contributed by atoms with Crippen LogP contribution in [-0.2, 0) is 0 Å². The molecule has 2 aromatic rings. The van der Waals surface area contributed by atoms with Crippen LogP contribution < -0.4 is 11.3 Å². The van der Waals surface area contributed by atoms with Crippen molar-refractivity contribution in [3.8, 4) is 0 Å². The normalized spacial score (nSPS) is 14.2. The molecule has 0 radical (unpaired) electrons. The minimum Gasteiger partial charge on any atom is -0.459 e. The van der Waals surface area contributed by atoms with Gasteiger partial charge in [0.05, 0.1) is 6.04 Å². The van der Waals surface area contributed by atoms with E-state index < -0.39 is 0 Å². The van der Waals surface area contributed by atoms with Gasteiger partial charge in [-0.05, 0) is 29.7 Å². The molecule has 1 atom stereocenters. The van der Waals surface area contributed by atoms with E-state index in [-0.39, 0.29) is 11.5 Å². The summed E-state index contributed by atoms with van der Waals surface area (Å²) >= 11 is 5.95. The summed E-state index contributed by atoms with van der Waals surface area (Å²) in [5, 5.41) is 1.70. The number of halogens is 1. The summed E-state index contributed by atoms with van der Waals surface area (Å²) in [5.41, 5.74) is 3.61. The van der Waals surface area contributed by atoms with E-state index in [4.69, 9.17) is 21.9 Å². The molecule has 2 rings (SSSR count). The Labute approximate surface area is 106 Å². The van der Waals surface area contributed by atoms with E-state index in [1.54, 1.807) is 0 Å². The predicted molar refractivity (Wildman–Crippen MR) is 70.7 cm³/mol. The number of benzene rings is 1. The second kappa shape index (κ2) is 4.33. The number of hydrazine groups is 1. The van der Waals surface area contributed by atoms with Gasteiger partial charge in [-0.2, -0.15) is 0 Å². The van der Waals surface area contributed by atoms with Gasteiger partial charge in [0, 0.05) is 10.4 Å². The van der Waals surface area contributed by atoms with Gasteiger partial charge in [0.25, 0.3) is 0 Å². The van der Waals surface area contributed by atoms with Crippen molar-refractivity contribution in [2.45, 2.75) is 26.8 Å². The second-order valence-corrected chi connectivity index (χ2v) is 5.73. The molecule has 1 aromatic carbocycles. The zero-order valence-corrected chi connectivity index (χ0v) is 11.0. The molecule has 3 nitrogen and oxygen atoms in total. The molecular formula is C13H17ClN2O. The maximum absolute atomic E-state index is 5.95. The van der Waals surface area contributed by atoms with Crippen LogP contribution in [0.5, 0.6) is 0 Å². The number of hydrogen-bond acceptors (Lipinski definition) is 3. The van der Waals surface area contributed by atoms with Gasteiger partial charge >= 0.3 is 0 Å². The van der Waals surface area contributed by atoms with Crippen LogP contribution in [0.2, 0.25) is 5.02 Å². The Morgan fingerprint density at radius 1 is 1.29 bits per heavy atom. The number of furan rings is 1. The van der Waals surface area contributed by atoms with Crippen LogP contribution in [0.1, 0.15) is 32.6 Å². The lowest BCUT2D eigenvalue weighted by atomic mass is 9.85. The molecule has 0 spiro atoms. The number of fused-ring (bicyclic) bond motifs is 1. The Kier molecular flexibility index (Phi) is 3.17. The average Bonchev–Trinajstić information content (AvgIpc) is 2.58. The Hall–Kier alpha value is -1.03. The monoisotopic (exact) mass is 252 g/mol. The summed E-state index contributed by atoms with van der Waals surface area (Å²) in [6, 6.07) is 7.53. The van der Waals surface area contributed by atoms with E-state index in [0.29, 0.717) is 5.02 Å². The van der Waals surface area contributed by atoms with Crippen LogP contribution in [0, 0.1) is 5.41 Å². The molecule has 17 heavy (non-hydrogen) atoms. The number of nitrogens with one attached hydrogen (secondary N) is 1. The van der Waals surface area contributed by atoms with Crippen LogP contribution in [0.4, 0.5) is 0 Å². The largest absolute Gasteiger partial charge is 0.459 e. The van der Waals surface area contributed by atoms with Gasteiger partial charge in [0.2, 0.25) is 0 Å². The van der Waals surface area contributed by atoms with Crippen LogP contribution in [0.15, 0.2) is 28.7 Å². The van der Waals surface area contributed by atoms with Crippen LogP contribution >= 0.6 is 11.6 Å². The van der Waals surface area contributed by atoms with Crippen molar-refractivity contribution < 1.29 is 4.42 Å². The Bertz CT molecular complexity index is 528. The second-order valence-electron chi connectivity index (χ2n) is 5.30. The first-order chi connectivity index (χ1) is 7.91. The van der Waals surface area contributed by atoms with Crippen LogP contribution in [0.3, 0.4) is 0 Å². The van der Waals surface area contributed by atoms with E-state index in [1.165, 1.54) is 0 Å². The van der Waals surface area contributed by atoms with Gasteiger partial charge in [-0.3, -0.25) is 5.84 Å². The fourth-order valence-electron chi connectivity index (χ4n) is 1.94. The van der Waals surface area contributed by atoms with Gasteiger partial charge < -0.3 is 4.42 Å². The first kappa shape index (κ1) is 12.4. The molecule has 0 saturated carbocycles. The van der Waals surface area contributed by atoms with Gasteiger partial charge in [-0.25, -0.2) is 5.43 Å². The van der Waals surface area contributed by atoms with Crippen molar-refractivity contribution in [1.29, 1.82) is 0 Å². The molecule has 0 amide bonds. The lowest BCUT2D eigenvalue weighted by Crippen LogP contribution is -2.36. The van der Waals surface area contributed by atoms with Gasteiger partial charge in [0.15, 0.2) is 0 Å². The molecule has 3 N–H and O–H groups in total. The van der Waals surface area contributed by atoms with E-state index in [9.17, 15) is 0 Å². The smallest absolute Gasteiger partial charge is 0.134 e. The highest BCUT2D eigenvalue weighted by Crippen LogP contribution is 2.35. The third-order valence-electron chi connectivity index (χ3n) is 2.81. The Morgan fingerprint density at radius 2 is 2.00 bits per heavy atom. The van der Waals surface area contributed by atoms with E-state index in [1.807, 2.05) is 24.3 Å². The average molecular weight is 253 g/mol. The summed E-state index contributed by atoms with van der Waals surface area (Å²) in [6.07, 6.45) is 0. The Balaban J connectivity index is 2.48. The van der Waals surface area contributed by atoms with E-state index in [2.05, 4.69) is 26.2 Å². The minimum absolute atomic E-state index is 0.0214. The van der Waals surface area contributed by atoms with Gasteiger partial charge in [-0.15, -0.1) is 0 Å². The predicted octanol–water partition coefficient (Wildman–Crippen LogP) is 3.64. The summed E-state index contributed by atoms with van der Waals surface area (Å²) in [4.78, 5) is 0. The zero-order valence-electron chi connectivity index (χ0n) is 10.3. The number of hydrogen-bond donors (Lipinski definition) is 2. The fraction of sp³-hybridized carbons (Fsp3) is 0.385. The lowest BCUT2D eigenvalue weighted by molar-refractivity contribution is 0.243. The SMILES string of the molecule is CC(C)(C)C(NN)c1cc2cc(Cl)ccc2o1. The molecule has 0 aliphatic carbocycles. The molecule has 0 fully saturated rings. The number of nitrogens with two attached hydrogens (primary N) is 1. The topological polar surface area (TPSA) is 51.2 Å². The van der Waals surface area contributed by atoms with Gasteiger partial charge in [-0.1, -0.05) is 32.4 Å². The summed E-state index contributed by atoms with van der Waals surface area (Å²) in [6.45, 7) is 6.33. The highest BCUT2D eigenvalue weighted by Gasteiger charge is 2.28. The van der Waals surface area contributed by atoms with E-state index >= 15 is 0 Å². The molecule has 0 saturated heterocycles. The van der Waals surface area contributed by atoms with Crippen molar-refractivity contribution in [3.63, 3.8) is 0 Å². The fourth-order valence-corrected chi connectivity index (χ4v) is 2.12. The lowest BCUT2D eigenvalue weighted by Gasteiger charge is -2.27. The standard InChI is InChI=1S/C13H17ClN2O/c1-13(2,3)12(16-15)11-7-8-6-9(14)4-5-10(8)17-11/h4-7,12,16H,15H2,1-3H3. The summed E-state index contributed by atoms with van der Waals surface area (Å²) in [7, 11) is 0. The zero-order chi connectivity index (χ0) is 12.6. The highest BCUT2D eigenvalue weighted by molar-refractivity contribution is 6.31. The van der Waals surface area contributed by atoms with Crippen LogP contribution in [-0.4, -0.2) is 0 Å². The molecule has 92 valence electrons. The van der Waals surface area contributed by atoms with Crippen molar-refractivity contribution >= 4 is 22.6 Å². The molecule has 4 heteroatoms. The minimum atomic E-state index is -0.0336. The van der Waals surface area contributed by atoms with Crippen molar-refractivity contribution in [2.75, 3.05) is 0 Å². The van der Waals surface area contributed by atoms with E-state index in [0.717, 1.165) is 16.7 Å². The molecule has 0 aliphatic heterocycles. The molecular weight excluding hydrogens is 236 g/mol. The maximum Gasteiger partial charge on any atom is 0.134 e. The molecule has 1 heterocycles. The summed E-state index contributed by atoms with van der Waals surface area (Å²) in [5.74, 6) is 6.44. The quantitative estimate of drug-likeness (QED) is 0.634.